The number of hydrogen-bond donors (Lipinski definition) is 3. The summed E-state index contributed by atoms with van der Waals surface area (Å²) in [4.78, 5) is 27.7. The summed E-state index contributed by atoms with van der Waals surface area (Å²) >= 11 is 5.60. The Morgan fingerprint density at radius 1 is 0.970 bits per heavy atom. The molecule has 2 aromatic carbocycles. The molecule has 3 aromatic rings. The molecule has 0 bridgehead atoms. The molecule has 0 radical (unpaired) electrons. The number of carbonyl (C=O) groups is 2. The minimum atomic E-state index is -4.76. The molecule has 0 fully saturated rings. The number of anilines is 2. The first-order valence-corrected chi connectivity index (χ1v) is 9.55. The zero-order valence-electron chi connectivity index (χ0n) is 16.8. The predicted octanol–water partition coefficient (Wildman–Crippen LogP) is 5.69. The van der Waals surface area contributed by atoms with Gasteiger partial charge in [-0.25, -0.2) is 9.18 Å². The minimum Gasteiger partial charge on any atom is -0.457 e. The quantitative estimate of drug-likeness (QED) is 0.407. The zero-order valence-corrected chi connectivity index (χ0v) is 17.5. The molecule has 12 heteroatoms. The van der Waals surface area contributed by atoms with Gasteiger partial charge in [-0.1, -0.05) is 11.6 Å². The lowest BCUT2D eigenvalue weighted by molar-refractivity contribution is -0.136. The maximum Gasteiger partial charge on any atom is 0.418 e. The van der Waals surface area contributed by atoms with Crippen LogP contribution in [-0.4, -0.2) is 24.0 Å². The van der Waals surface area contributed by atoms with Crippen molar-refractivity contribution in [3.8, 4) is 11.5 Å². The number of amides is 3. The van der Waals surface area contributed by atoms with Crippen molar-refractivity contribution in [2.24, 2.45) is 0 Å². The summed E-state index contributed by atoms with van der Waals surface area (Å²) < 4.78 is 59.4. The predicted molar refractivity (Wildman–Crippen MR) is 113 cm³/mol. The van der Waals surface area contributed by atoms with Crippen LogP contribution >= 0.6 is 11.6 Å². The summed E-state index contributed by atoms with van der Waals surface area (Å²) in [6.45, 7) is 0. The topological polar surface area (TPSA) is 92.4 Å². The molecule has 0 saturated heterocycles. The van der Waals surface area contributed by atoms with Gasteiger partial charge >= 0.3 is 12.2 Å². The van der Waals surface area contributed by atoms with E-state index in [1.807, 2.05) is 5.32 Å². The van der Waals surface area contributed by atoms with Crippen LogP contribution in [0.3, 0.4) is 0 Å². The van der Waals surface area contributed by atoms with Crippen molar-refractivity contribution in [3.63, 3.8) is 0 Å². The van der Waals surface area contributed by atoms with Crippen molar-refractivity contribution in [3.05, 3.63) is 76.8 Å². The number of halogens is 5. The summed E-state index contributed by atoms with van der Waals surface area (Å²) in [5, 5.41) is 6.40. The van der Waals surface area contributed by atoms with E-state index in [1.54, 1.807) is 0 Å². The number of alkyl halides is 3. The highest BCUT2D eigenvalue weighted by molar-refractivity contribution is 6.30. The molecule has 1 heterocycles. The van der Waals surface area contributed by atoms with Gasteiger partial charge in [-0.3, -0.25) is 9.78 Å². The average Bonchev–Trinajstić information content (AvgIpc) is 2.76. The zero-order chi connectivity index (χ0) is 24.2. The Morgan fingerprint density at radius 3 is 2.30 bits per heavy atom. The number of pyridine rings is 1. The molecule has 172 valence electrons. The van der Waals surface area contributed by atoms with Gasteiger partial charge in [0.05, 0.1) is 16.9 Å². The van der Waals surface area contributed by atoms with Crippen LogP contribution in [0.4, 0.5) is 33.7 Å². The normalized spacial score (nSPS) is 11.0. The highest BCUT2D eigenvalue weighted by atomic mass is 35.5. The Labute approximate surface area is 189 Å². The summed E-state index contributed by atoms with van der Waals surface area (Å²) in [6, 6.07) is 7.97. The van der Waals surface area contributed by atoms with Gasteiger partial charge in [0.2, 0.25) is 0 Å². The molecule has 0 aliphatic heterocycles. The number of nitrogens with one attached hydrogen (secondary N) is 3. The van der Waals surface area contributed by atoms with E-state index in [2.05, 4.69) is 15.6 Å². The molecule has 0 unspecified atom stereocenters. The molecular weight excluding hydrogens is 468 g/mol. The number of aromatic nitrogens is 1. The second-order valence-corrected chi connectivity index (χ2v) is 6.90. The third-order valence-corrected chi connectivity index (χ3v) is 4.39. The van der Waals surface area contributed by atoms with E-state index >= 15 is 0 Å². The van der Waals surface area contributed by atoms with Crippen LogP contribution in [-0.2, 0) is 6.18 Å². The van der Waals surface area contributed by atoms with E-state index < -0.39 is 35.2 Å². The Hall–Kier alpha value is -3.86. The number of carbonyl (C=O) groups excluding carboxylic acids is 2. The van der Waals surface area contributed by atoms with Gasteiger partial charge in [-0.2, -0.15) is 13.2 Å². The monoisotopic (exact) mass is 482 g/mol. The Morgan fingerprint density at radius 2 is 1.64 bits per heavy atom. The summed E-state index contributed by atoms with van der Waals surface area (Å²) in [6.07, 6.45) is -3.43. The maximum atomic E-state index is 14.4. The van der Waals surface area contributed by atoms with Crippen LogP contribution < -0.4 is 20.7 Å². The van der Waals surface area contributed by atoms with E-state index in [0.717, 1.165) is 18.2 Å². The molecular formula is C21H15ClF4N4O3. The van der Waals surface area contributed by atoms with Gasteiger partial charge in [0.15, 0.2) is 0 Å². The van der Waals surface area contributed by atoms with E-state index in [-0.39, 0.29) is 27.9 Å². The second kappa shape index (κ2) is 9.74. The number of urea groups is 1. The molecule has 0 spiro atoms. The van der Waals surface area contributed by atoms with Gasteiger partial charge < -0.3 is 20.7 Å². The van der Waals surface area contributed by atoms with Crippen LogP contribution in [0.5, 0.6) is 11.5 Å². The lowest BCUT2D eigenvalue weighted by Gasteiger charge is -2.15. The van der Waals surface area contributed by atoms with Crippen molar-refractivity contribution < 1.29 is 31.9 Å². The summed E-state index contributed by atoms with van der Waals surface area (Å²) in [5.41, 5.74) is -1.91. The van der Waals surface area contributed by atoms with Crippen LogP contribution in [0, 0.1) is 5.82 Å². The van der Waals surface area contributed by atoms with Crippen LogP contribution in [0.15, 0.2) is 54.7 Å². The fourth-order valence-electron chi connectivity index (χ4n) is 2.66. The van der Waals surface area contributed by atoms with Gasteiger partial charge in [-0.15, -0.1) is 0 Å². The van der Waals surface area contributed by atoms with E-state index in [9.17, 15) is 27.2 Å². The van der Waals surface area contributed by atoms with E-state index in [1.165, 1.54) is 37.5 Å². The first-order chi connectivity index (χ1) is 15.6. The van der Waals surface area contributed by atoms with Gasteiger partial charge in [0.1, 0.15) is 23.0 Å². The van der Waals surface area contributed by atoms with Crippen molar-refractivity contribution >= 4 is 34.9 Å². The third kappa shape index (κ3) is 6.10. The molecule has 0 atom stereocenters. The number of hydrogen-bond acceptors (Lipinski definition) is 4. The molecule has 3 rings (SSSR count). The van der Waals surface area contributed by atoms with Crippen molar-refractivity contribution in [1.82, 2.24) is 10.3 Å². The molecule has 33 heavy (non-hydrogen) atoms. The number of nitrogens with zero attached hydrogens (tertiary/aromatic N) is 1. The first-order valence-electron chi connectivity index (χ1n) is 9.17. The highest BCUT2D eigenvalue weighted by Crippen LogP contribution is 2.36. The second-order valence-electron chi connectivity index (χ2n) is 6.47. The Kier molecular flexibility index (Phi) is 7.02. The summed E-state index contributed by atoms with van der Waals surface area (Å²) in [7, 11) is 1.44. The van der Waals surface area contributed by atoms with Gasteiger partial charge in [0, 0.05) is 30.4 Å². The molecule has 0 aliphatic carbocycles. The molecule has 1 aromatic heterocycles. The van der Waals surface area contributed by atoms with Crippen LogP contribution in [0.2, 0.25) is 5.02 Å². The maximum absolute atomic E-state index is 14.4. The highest BCUT2D eigenvalue weighted by Gasteiger charge is 2.34. The van der Waals surface area contributed by atoms with Crippen molar-refractivity contribution in [2.75, 3.05) is 17.7 Å². The van der Waals surface area contributed by atoms with Crippen molar-refractivity contribution in [1.29, 1.82) is 0 Å². The summed E-state index contributed by atoms with van der Waals surface area (Å²) in [5.74, 6) is -1.09. The van der Waals surface area contributed by atoms with Gasteiger partial charge in [0.25, 0.3) is 5.91 Å². The number of benzene rings is 2. The SMILES string of the molecule is CNC(=O)c1cc(Oc2ccc(NC(=O)Nc3ccc(Cl)cc3C(F)(F)F)c(F)c2)ccn1. The standard InChI is InChI=1S/C21H15ClF4N4O3/c1-27-19(31)18-10-13(6-7-28-18)33-12-3-5-17(15(23)9-12)30-20(32)29-16-4-2-11(22)8-14(16)21(24,25)26/h2-10H,1H3,(H,27,31)(H2,29,30,32). The molecule has 0 saturated carbocycles. The largest absolute Gasteiger partial charge is 0.457 e. The van der Waals surface area contributed by atoms with Gasteiger partial charge in [-0.05, 0) is 36.4 Å². The third-order valence-electron chi connectivity index (χ3n) is 4.15. The van der Waals surface area contributed by atoms with Crippen molar-refractivity contribution in [2.45, 2.75) is 6.18 Å². The molecule has 3 amide bonds. The Bertz CT molecular complexity index is 1200. The van der Waals surface area contributed by atoms with E-state index in [4.69, 9.17) is 16.3 Å². The molecule has 7 nitrogen and oxygen atoms in total. The number of rotatable bonds is 5. The fraction of sp³-hybridized carbons (Fsp3) is 0.0952. The first kappa shape index (κ1) is 23.8. The van der Waals surface area contributed by atoms with E-state index in [0.29, 0.717) is 6.07 Å². The molecule has 3 N–H and O–H groups in total. The lowest BCUT2D eigenvalue weighted by Crippen LogP contribution is -2.22. The Balaban J connectivity index is 1.71. The molecule has 0 aliphatic rings. The number of ether oxygens (including phenoxy) is 1. The fourth-order valence-corrected chi connectivity index (χ4v) is 2.83. The lowest BCUT2D eigenvalue weighted by atomic mass is 10.1. The average molecular weight is 483 g/mol. The minimum absolute atomic E-state index is 0.0459. The van der Waals surface area contributed by atoms with Crippen LogP contribution in [0.1, 0.15) is 16.1 Å². The smallest absolute Gasteiger partial charge is 0.418 e. The van der Waals surface area contributed by atoms with Crippen LogP contribution in [0.25, 0.3) is 0 Å².